The monoisotopic (exact) mass is 424 g/mol. The average Bonchev–Trinajstić information content (AvgIpc) is 3.26. The van der Waals surface area contributed by atoms with Crippen LogP contribution in [0.4, 0.5) is 5.69 Å². The summed E-state index contributed by atoms with van der Waals surface area (Å²) in [6.45, 7) is 1.74. The first-order chi connectivity index (χ1) is 14.5. The number of allylic oxidation sites excluding steroid dienone is 2. The van der Waals surface area contributed by atoms with Crippen molar-refractivity contribution in [1.82, 2.24) is 5.32 Å². The number of ether oxygens (including phenoxy) is 1. The number of anilines is 1. The quantitative estimate of drug-likeness (QED) is 0.623. The molecule has 8 nitrogen and oxygen atoms in total. The molecule has 30 heavy (non-hydrogen) atoms. The number of thioether (sulfide) groups is 1. The van der Waals surface area contributed by atoms with Crippen LogP contribution in [0, 0.1) is 11.3 Å². The lowest BCUT2D eigenvalue weighted by Crippen LogP contribution is -2.31. The molecule has 0 aliphatic carbocycles. The summed E-state index contributed by atoms with van der Waals surface area (Å²) in [7, 11) is 1.52. The first-order valence-electron chi connectivity index (χ1n) is 8.95. The highest BCUT2D eigenvalue weighted by Gasteiger charge is 2.35. The number of nitrogens with one attached hydrogen (secondary N) is 2. The molecular formula is C21H20N4O4S. The van der Waals surface area contributed by atoms with Crippen LogP contribution in [0.25, 0.3) is 0 Å². The third-order valence-electron chi connectivity index (χ3n) is 4.48. The molecule has 0 fully saturated rings. The Morgan fingerprint density at radius 1 is 1.37 bits per heavy atom. The van der Waals surface area contributed by atoms with E-state index in [4.69, 9.17) is 14.9 Å². The number of furan rings is 1. The topological polar surface area (TPSA) is 130 Å². The van der Waals surface area contributed by atoms with E-state index in [-0.39, 0.29) is 11.7 Å². The van der Waals surface area contributed by atoms with Crippen LogP contribution in [0.2, 0.25) is 0 Å². The molecule has 1 aliphatic heterocycles. The normalized spacial score (nSPS) is 16.0. The van der Waals surface area contributed by atoms with Crippen molar-refractivity contribution in [2.24, 2.45) is 5.73 Å². The minimum absolute atomic E-state index is 0.00163. The molecule has 1 aliphatic rings. The Morgan fingerprint density at radius 3 is 2.77 bits per heavy atom. The Labute approximate surface area is 177 Å². The molecule has 0 saturated carbocycles. The summed E-state index contributed by atoms with van der Waals surface area (Å²) in [4.78, 5) is 24.5. The van der Waals surface area contributed by atoms with Crippen LogP contribution in [-0.4, -0.2) is 24.7 Å². The number of dihydropyridines is 1. The number of rotatable bonds is 7. The van der Waals surface area contributed by atoms with Crippen molar-refractivity contribution in [3.05, 3.63) is 70.3 Å². The lowest BCUT2D eigenvalue weighted by molar-refractivity contribution is -0.115. The van der Waals surface area contributed by atoms with Gasteiger partial charge in [0.2, 0.25) is 5.91 Å². The molecule has 0 saturated heterocycles. The number of methoxy groups -OCH3 is 1. The lowest BCUT2D eigenvalue weighted by atomic mass is 9.83. The van der Waals surface area contributed by atoms with Crippen LogP contribution < -0.4 is 21.1 Å². The zero-order valence-electron chi connectivity index (χ0n) is 16.4. The van der Waals surface area contributed by atoms with Gasteiger partial charge in [0, 0.05) is 16.8 Å². The van der Waals surface area contributed by atoms with Crippen LogP contribution in [0.3, 0.4) is 0 Å². The number of carbonyl (C=O) groups is 2. The number of nitrogens with zero attached hydrogens (tertiary/aromatic N) is 1. The van der Waals surface area contributed by atoms with Gasteiger partial charge >= 0.3 is 0 Å². The summed E-state index contributed by atoms with van der Waals surface area (Å²) >= 11 is 1.12. The maximum atomic E-state index is 13.3. The minimum atomic E-state index is -0.667. The second-order valence-corrected chi connectivity index (χ2v) is 7.40. The van der Waals surface area contributed by atoms with Crippen LogP contribution >= 0.6 is 11.8 Å². The van der Waals surface area contributed by atoms with Gasteiger partial charge in [0.15, 0.2) is 0 Å². The van der Waals surface area contributed by atoms with E-state index in [1.165, 1.54) is 19.6 Å². The molecule has 1 atom stereocenters. The van der Waals surface area contributed by atoms with Crippen molar-refractivity contribution >= 4 is 29.3 Å². The van der Waals surface area contributed by atoms with Gasteiger partial charge < -0.3 is 25.5 Å². The summed E-state index contributed by atoms with van der Waals surface area (Å²) < 4.78 is 10.5. The Hall–Kier alpha value is -3.64. The predicted molar refractivity (Wildman–Crippen MR) is 113 cm³/mol. The molecule has 1 aromatic carbocycles. The van der Waals surface area contributed by atoms with E-state index in [2.05, 4.69) is 16.7 Å². The van der Waals surface area contributed by atoms with Crippen LogP contribution in [0.15, 0.2) is 69.1 Å². The minimum Gasteiger partial charge on any atom is -0.495 e. The molecule has 1 aromatic heterocycles. The first-order valence-corrected chi connectivity index (χ1v) is 9.94. The zero-order chi connectivity index (χ0) is 21.7. The lowest BCUT2D eigenvalue weighted by Gasteiger charge is -2.29. The molecular weight excluding hydrogens is 404 g/mol. The highest BCUT2D eigenvalue weighted by Crippen LogP contribution is 2.41. The van der Waals surface area contributed by atoms with Gasteiger partial charge in [-0.25, -0.2) is 0 Å². The number of para-hydroxylation sites is 2. The number of hydrogen-bond donors (Lipinski definition) is 3. The fourth-order valence-electron chi connectivity index (χ4n) is 3.18. The van der Waals surface area contributed by atoms with Crippen LogP contribution in [-0.2, 0) is 9.59 Å². The van der Waals surface area contributed by atoms with Crippen LogP contribution in [0.1, 0.15) is 18.4 Å². The van der Waals surface area contributed by atoms with E-state index >= 15 is 0 Å². The average molecular weight is 424 g/mol. The fraction of sp³-hybridized carbons (Fsp3) is 0.190. The number of primary amides is 1. The number of hydrogen-bond acceptors (Lipinski definition) is 7. The smallest absolute Gasteiger partial charge is 0.254 e. The SMILES string of the molecule is COc1ccccc1NC(=O)C1=C(C)NC(SCC(N)=O)=C(C#N)[C@H]1c1ccoc1. The predicted octanol–water partition coefficient (Wildman–Crippen LogP) is 2.84. The molecule has 9 heteroatoms. The fourth-order valence-corrected chi connectivity index (χ4v) is 4.01. The Morgan fingerprint density at radius 2 is 2.13 bits per heavy atom. The van der Waals surface area contributed by atoms with Crippen molar-refractivity contribution < 1.29 is 18.7 Å². The van der Waals surface area contributed by atoms with E-state index in [0.717, 1.165) is 11.8 Å². The molecule has 0 spiro atoms. The maximum absolute atomic E-state index is 13.3. The molecule has 2 aromatic rings. The largest absolute Gasteiger partial charge is 0.495 e. The molecule has 3 rings (SSSR count). The van der Waals surface area contributed by atoms with E-state index in [0.29, 0.717) is 38.9 Å². The van der Waals surface area contributed by atoms with Gasteiger partial charge in [-0.2, -0.15) is 5.26 Å². The highest BCUT2D eigenvalue weighted by atomic mass is 32.2. The molecule has 0 radical (unpaired) electrons. The summed E-state index contributed by atoms with van der Waals surface area (Å²) in [5.74, 6) is -1.04. The van der Waals surface area contributed by atoms with Crippen molar-refractivity contribution in [3.8, 4) is 11.8 Å². The van der Waals surface area contributed by atoms with Gasteiger partial charge in [-0.1, -0.05) is 23.9 Å². The van der Waals surface area contributed by atoms with Gasteiger partial charge in [0.25, 0.3) is 5.91 Å². The van der Waals surface area contributed by atoms with Crippen molar-refractivity contribution in [1.29, 1.82) is 5.26 Å². The van der Waals surface area contributed by atoms with Crippen molar-refractivity contribution in [3.63, 3.8) is 0 Å². The van der Waals surface area contributed by atoms with Crippen molar-refractivity contribution in [2.75, 3.05) is 18.2 Å². The van der Waals surface area contributed by atoms with Gasteiger partial charge in [0.05, 0.1) is 53.7 Å². The van der Waals surface area contributed by atoms with E-state index in [1.807, 2.05) is 0 Å². The Bertz CT molecular complexity index is 1070. The molecule has 0 bridgehead atoms. The van der Waals surface area contributed by atoms with E-state index in [9.17, 15) is 14.9 Å². The summed E-state index contributed by atoms with van der Waals surface area (Å²) in [6.07, 6.45) is 2.97. The first kappa shape index (κ1) is 21.1. The Kier molecular flexibility index (Phi) is 6.49. The number of carbonyl (C=O) groups excluding carboxylic acids is 2. The molecule has 4 N–H and O–H groups in total. The van der Waals surface area contributed by atoms with Crippen molar-refractivity contribution in [2.45, 2.75) is 12.8 Å². The van der Waals surface area contributed by atoms with Gasteiger partial charge in [-0.05, 0) is 25.1 Å². The van der Waals surface area contributed by atoms with Gasteiger partial charge in [-0.3, -0.25) is 9.59 Å². The van der Waals surface area contributed by atoms with Crippen LogP contribution in [0.5, 0.6) is 5.75 Å². The molecule has 2 heterocycles. The van der Waals surface area contributed by atoms with Gasteiger partial charge in [-0.15, -0.1) is 0 Å². The highest BCUT2D eigenvalue weighted by molar-refractivity contribution is 8.03. The van der Waals surface area contributed by atoms with E-state index < -0.39 is 11.8 Å². The standard InChI is InChI=1S/C21H20N4O4S/c1-12-18(20(27)25-15-5-3-4-6-16(15)28-2)19(13-7-8-29-10-13)14(9-22)21(24-12)30-11-17(23)26/h3-8,10,19,24H,11H2,1-2H3,(H2,23,26)(H,25,27)/t19-/m1/s1. The summed E-state index contributed by atoms with van der Waals surface area (Å²) in [5, 5.41) is 16.3. The van der Waals surface area contributed by atoms with E-state index in [1.54, 1.807) is 37.3 Å². The third kappa shape index (κ3) is 4.34. The second kappa shape index (κ2) is 9.24. The number of nitriles is 1. The molecule has 2 amide bonds. The number of amides is 2. The second-order valence-electron chi connectivity index (χ2n) is 6.42. The maximum Gasteiger partial charge on any atom is 0.254 e. The molecule has 0 unspecified atom stereocenters. The zero-order valence-corrected chi connectivity index (χ0v) is 17.2. The Balaban J connectivity index is 2.02. The molecule has 154 valence electrons. The summed E-state index contributed by atoms with van der Waals surface area (Å²) in [6, 6.07) is 10.9. The summed E-state index contributed by atoms with van der Waals surface area (Å²) in [5.41, 5.74) is 7.63. The van der Waals surface area contributed by atoms with Gasteiger partial charge in [0.1, 0.15) is 5.75 Å². The number of benzene rings is 1. The number of nitrogens with two attached hydrogens (primary N) is 1. The third-order valence-corrected chi connectivity index (χ3v) is 5.52.